The van der Waals surface area contributed by atoms with Gasteiger partial charge in [-0.1, -0.05) is 11.6 Å². The van der Waals surface area contributed by atoms with Crippen LogP contribution in [-0.4, -0.2) is 19.5 Å². The molecule has 0 aliphatic heterocycles. The van der Waals surface area contributed by atoms with E-state index in [9.17, 15) is 18.0 Å². The molecule has 0 amide bonds. The lowest BCUT2D eigenvalue weighted by molar-refractivity contribution is -0.141. The number of hydrogen-bond donors (Lipinski definition) is 0. The number of rotatable bonds is 2. The van der Waals surface area contributed by atoms with Crippen LogP contribution in [0, 0.1) is 6.92 Å². The van der Waals surface area contributed by atoms with Gasteiger partial charge in [0.05, 0.1) is 31.0 Å². The molecule has 106 valence electrons. The highest BCUT2D eigenvalue weighted by atomic mass is 35.5. The van der Waals surface area contributed by atoms with Crippen LogP contribution in [0.1, 0.15) is 17.0 Å². The summed E-state index contributed by atoms with van der Waals surface area (Å²) >= 11 is 5.56. The highest BCUT2D eigenvalue weighted by molar-refractivity contribution is 6.29. The van der Waals surface area contributed by atoms with Gasteiger partial charge in [0, 0.05) is 5.56 Å². The van der Waals surface area contributed by atoms with E-state index in [0.717, 1.165) is 17.8 Å². The molecule has 0 bridgehead atoms. The zero-order valence-corrected chi connectivity index (χ0v) is 10.9. The number of aromatic nitrogens is 4. The Kier molecular flexibility index (Phi) is 3.76. The number of alkyl halides is 3. The molecule has 0 saturated carbocycles. The molecule has 0 spiro atoms. The van der Waals surface area contributed by atoms with Crippen molar-refractivity contribution in [1.82, 2.24) is 19.5 Å². The third-order valence-electron chi connectivity index (χ3n) is 2.54. The van der Waals surface area contributed by atoms with Gasteiger partial charge in [-0.15, -0.1) is 0 Å². The van der Waals surface area contributed by atoms with Crippen LogP contribution < -0.4 is 5.56 Å². The average Bonchev–Trinajstić information content (AvgIpc) is 2.36. The fraction of sp³-hybridized carbons (Fsp3) is 0.273. The second-order valence-corrected chi connectivity index (χ2v) is 4.37. The molecule has 5 nitrogen and oxygen atoms in total. The Labute approximate surface area is 116 Å². The van der Waals surface area contributed by atoms with Crippen LogP contribution in [0.25, 0.3) is 0 Å². The van der Waals surface area contributed by atoms with Gasteiger partial charge >= 0.3 is 6.18 Å². The Bertz CT molecular complexity index is 682. The molecule has 0 atom stereocenters. The molecule has 2 rings (SSSR count). The van der Waals surface area contributed by atoms with Gasteiger partial charge in [0.15, 0.2) is 5.69 Å². The minimum absolute atomic E-state index is 0.0328. The van der Waals surface area contributed by atoms with E-state index in [0.29, 0.717) is 5.69 Å². The van der Waals surface area contributed by atoms with Crippen molar-refractivity contribution in [1.29, 1.82) is 0 Å². The van der Waals surface area contributed by atoms with Gasteiger partial charge in [0.25, 0.3) is 5.56 Å². The van der Waals surface area contributed by atoms with Gasteiger partial charge in [-0.05, 0) is 6.92 Å². The maximum atomic E-state index is 12.6. The normalized spacial score (nSPS) is 11.7. The lowest BCUT2D eigenvalue weighted by atomic mass is 10.2. The highest BCUT2D eigenvalue weighted by Crippen LogP contribution is 2.28. The number of nitrogens with zero attached hydrogens (tertiary/aromatic N) is 4. The lowest BCUT2D eigenvalue weighted by Gasteiger charge is -2.11. The first-order valence-electron chi connectivity index (χ1n) is 5.38. The van der Waals surface area contributed by atoms with Crippen molar-refractivity contribution in [2.24, 2.45) is 0 Å². The SMILES string of the molecule is Cc1c(C(F)(F)F)ncn(Cc2cnc(Cl)cn2)c1=O. The summed E-state index contributed by atoms with van der Waals surface area (Å²) in [5.41, 5.74) is -2.02. The summed E-state index contributed by atoms with van der Waals surface area (Å²) in [5, 5.41) is 0.183. The topological polar surface area (TPSA) is 60.7 Å². The van der Waals surface area contributed by atoms with E-state index in [1.54, 1.807) is 0 Å². The van der Waals surface area contributed by atoms with Crippen molar-refractivity contribution in [3.63, 3.8) is 0 Å². The Morgan fingerprint density at radius 1 is 1.25 bits per heavy atom. The van der Waals surface area contributed by atoms with Crippen LogP contribution in [-0.2, 0) is 12.7 Å². The van der Waals surface area contributed by atoms with E-state index < -0.39 is 23.0 Å². The van der Waals surface area contributed by atoms with E-state index in [1.165, 1.54) is 12.4 Å². The Hall–Kier alpha value is -1.96. The molecule has 2 aromatic rings. The predicted octanol–water partition coefficient (Wildman–Crippen LogP) is 2.06. The monoisotopic (exact) mass is 304 g/mol. The van der Waals surface area contributed by atoms with Crippen LogP contribution in [0.3, 0.4) is 0 Å². The molecule has 0 aliphatic rings. The summed E-state index contributed by atoms with van der Waals surface area (Å²) in [6.45, 7) is 1.05. The second-order valence-electron chi connectivity index (χ2n) is 3.98. The van der Waals surface area contributed by atoms with E-state index >= 15 is 0 Å². The Morgan fingerprint density at radius 3 is 2.50 bits per heavy atom. The van der Waals surface area contributed by atoms with E-state index in [1.807, 2.05) is 0 Å². The average molecular weight is 305 g/mol. The Morgan fingerprint density at radius 2 is 1.95 bits per heavy atom. The maximum absolute atomic E-state index is 12.6. The second kappa shape index (κ2) is 5.20. The predicted molar refractivity (Wildman–Crippen MR) is 64.4 cm³/mol. The molecule has 0 fully saturated rings. The first-order chi connectivity index (χ1) is 9.29. The number of halogens is 4. The van der Waals surface area contributed by atoms with Gasteiger partial charge < -0.3 is 0 Å². The molecule has 2 heterocycles. The summed E-state index contributed by atoms with van der Waals surface area (Å²) in [4.78, 5) is 22.8. The molecule has 0 saturated heterocycles. The van der Waals surface area contributed by atoms with Crippen molar-refractivity contribution >= 4 is 11.6 Å². The fourth-order valence-corrected chi connectivity index (χ4v) is 1.68. The van der Waals surface area contributed by atoms with Crippen molar-refractivity contribution in [3.05, 3.63) is 51.2 Å². The maximum Gasteiger partial charge on any atom is 0.433 e. The summed E-state index contributed by atoms with van der Waals surface area (Å²) in [7, 11) is 0. The largest absolute Gasteiger partial charge is 0.433 e. The quantitative estimate of drug-likeness (QED) is 0.852. The van der Waals surface area contributed by atoms with Crippen LogP contribution in [0.4, 0.5) is 13.2 Å². The van der Waals surface area contributed by atoms with E-state index in [2.05, 4.69) is 15.0 Å². The third kappa shape index (κ3) is 2.96. The van der Waals surface area contributed by atoms with Crippen molar-refractivity contribution < 1.29 is 13.2 Å². The van der Waals surface area contributed by atoms with E-state index in [4.69, 9.17) is 11.6 Å². The van der Waals surface area contributed by atoms with Gasteiger partial charge in [-0.3, -0.25) is 14.3 Å². The molecule has 2 aromatic heterocycles. The third-order valence-corrected chi connectivity index (χ3v) is 2.73. The first-order valence-corrected chi connectivity index (χ1v) is 5.76. The summed E-state index contributed by atoms with van der Waals surface area (Å²) in [5.74, 6) is 0. The van der Waals surface area contributed by atoms with Gasteiger partial charge in [-0.2, -0.15) is 13.2 Å². The van der Waals surface area contributed by atoms with Crippen LogP contribution in [0.5, 0.6) is 0 Å². The van der Waals surface area contributed by atoms with E-state index in [-0.39, 0.29) is 11.7 Å². The molecule has 0 radical (unpaired) electrons. The molecular formula is C11H8ClF3N4O. The van der Waals surface area contributed by atoms with Crippen LogP contribution in [0.2, 0.25) is 5.15 Å². The summed E-state index contributed by atoms with van der Waals surface area (Å²) in [6.07, 6.45) is -1.19. The molecule has 0 unspecified atom stereocenters. The molecular weight excluding hydrogens is 297 g/mol. The van der Waals surface area contributed by atoms with Crippen LogP contribution >= 0.6 is 11.6 Å². The molecule has 0 aromatic carbocycles. The Balaban J connectivity index is 2.38. The van der Waals surface area contributed by atoms with Crippen molar-refractivity contribution in [2.75, 3.05) is 0 Å². The van der Waals surface area contributed by atoms with Gasteiger partial charge in [0.1, 0.15) is 5.15 Å². The highest BCUT2D eigenvalue weighted by Gasteiger charge is 2.35. The minimum Gasteiger partial charge on any atom is -0.293 e. The zero-order valence-electron chi connectivity index (χ0n) is 10.1. The first kappa shape index (κ1) is 14.4. The smallest absolute Gasteiger partial charge is 0.293 e. The fourth-order valence-electron chi connectivity index (χ4n) is 1.59. The zero-order chi connectivity index (χ0) is 14.9. The summed E-state index contributed by atoms with van der Waals surface area (Å²) < 4.78 is 38.8. The molecule has 0 aliphatic carbocycles. The van der Waals surface area contributed by atoms with Crippen molar-refractivity contribution in [3.8, 4) is 0 Å². The van der Waals surface area contributed by atoms with Gasteiger partial charge in [-0.25, -0.2) is 9.97 Å². The van der Waals surface area contributed by atoms with Gasteiger partial charge in [0.2, 0.25) is 0 Å². The number of hydrogen-bond acceptors (Lipinski definition) is 4. The minimum atomic E-state index is -4.65. The van der Waals surface area contributed by atoms with Crippen molar-refractivity contribution in [2.45, 2.75) is 19.6 Å². The molecule has 0 N–H and O–H groups in total. The summed E-state index contributed by atoms with van der Waals surface area (Å²) in [6, 6.07) is 0. The standard InChI is InChI=1S/C11H8ClF3N4O/c1-6-9(11(13,14)15)18-5-19(10(6)20)4-7-2-17-8(12)3-16-7/h2-3,5H,4H2,1H3. The molecule has 9 heteroatoms. The molecule has 20 heavy (non-hydrogen) atoms. The van der Waals surface area contributed by atoms with Crippen LogP contribution in [0.15, 0.2) is 23.5 Å². The lowest BCUT2D eigenvalue weighted by Crippen LogP contribution is -2.28.